The standard InChI is InChI=1S/C10H15N3O3/c1-5-6(2)16-9(8(5)14)13-4-3-7(11)12-10(13)15/h3-6,8-9,14H,1-2H3,(H2,11,12,15). The van der Waals surface area contributed by atoms with Gasteiger partial charge in [0.2, 0.25) is 0 Å². The van der Waals surface area contributed by atoms with Gasteiger partial charge >= 0.3 is 5.69 Å². The Labute approximate surface area is 92.7 Å². The number of aromatic nitrogens is 2. The van der Waals surface area contributed by atoms with Crippen LogP contribution in [0.2, 0.25) is 0 Å². The molecule has 1 aromatic heterocycles. The fourth-order valence-corrected chi connectivity index (χ4v) is 1.81. The second-order valence-corrected chi connectivity index (χ2v) is 4.12. The average Bonchev–Trinajstić information content (AvgIpc) is 2.46. The van der Waals surface area contributed by atoms with Crippen molar-refractivity contribution in [2.24, 2.45) is 5.92 Å². The molecule has 0 aromatic carbocycles. The lowest BCUT2D eigenvalue weighted by Crippen LogP contribution is -2.33. The molecule has 1 saturated heterocycles. The van der Waals surface area contributed by atoms with Gasteiger partial charge in [-0.2, -0.15) is 4.98 Å². The number of aliphatic hydroxyl groups is 1. The van der Waals surface area contributed by atoms with Gasteiger partial charge in [-0.1, -0.05) is 6.92 Å². The van der Waals surface area contributed by atoms with Gasteiger partial charge in [0.15, 0.2) is 6.23 Å². The van der Waals surface area contributed by atoms with E-state index in [2.05, 4.69) is 4.98 Å². The van der Waals surface area contributed by atoms with Crippen LogP contribution in [0.4, 0.5) is 5.82 Å². The predicted octanol–water partition coefficient (Wildman–Crippen LogP) is -0.260. The molecule has 0 saturated carbocycles. The van der Waals surface area contributed by atoms with Gasteiger partial charge in [0, 0.05) is 12.1 Å². The molecular formula is C10H15N3O3. The van der Waals surface area contributed by atoms with E-state index in [1.807, 2.05) is 13.8 Å². The summed E-state index contributed by atoms with van der Waals surface area (Å²) in [5.41, 5.74) is 4.88. The summed E-state index contributed by atoms with van der Waals surface area (Å²) in [6.07, 6.45) is 0.0109. The summed E-state index contributed by atoms with van der Waals surface area (Å²) in [6.45, 7) is 3.74. The lowest BCUT2D eigenvalue weighted by atomic mass is 10.0. The van der Waals surface area contributed by atoms with E-state index in [1.165, 1.54) is 16.8 Å². The average molecular weight is 225 g/mol. The molecule has 4 unspecified atom stereocenters. The number of nitrogens with two attached hydrogens (primary N) is 1. The molecule has 2 heterocycles. The van der Waals surface area contributed by atoms with Crippen molar-refractivity contribution in [1.29, 1.82) is 0 Å². The molecule has 6 heteroatoms. The van der Waals surface area contributed by atoms with Crippen LogP contribution in [-0.4, -0.2) is 26.9 Å². The molecule has 0 bridgehead atoms. The van der Waals surface area contributed by atoms with Crippen LogP contribution in [0.25, 0.3) is 0 Å². The van der Waals surface area contributed by atoms with Gasteiger partial charge in [0.1, 0.15) is 11.9 Å². The molecule has 1 aromatic rings. The van der Waals surface area contributed by atoms with Crippen LogP contribution >= 0.6 is 0 Å². The Morgan fingerprint density at radius 2 is 2.25 bits per heavy atom. The third-order valence-corrected chi connectivity index (χ3v) is 3.05. The highest BCUT2D eigenvalue weighted by Crippen LogP contribution is 2.32. The smallest absolute Gasteiger partial charge is 0.351 e. The molecule has 0 spiro atoms. The number of anilines is 1. The minimum Gasteiger partial charge on any atom is -0.388 e. The van der Waals surface area contributed by atoms with Crippen molar-refractivity contribution in [2.45, 2.75) is 32.3 Å². The van der Waals surface area contributed by atoms with Crippen molar-refractivity contribution >= 4 is 5.82 Å². The Hall–Kier alpha value is -1.40. The normalized spacial score (nSPS) is 34.2. The molecule has 0 amide bonds. The van der Waals surface area contributed by atoms with E-state index in [0.717, 1.165) is 0 Å². The van der Waals surface area contributed by atoms with Crippen LogP contribution in [0.15, 0.2) is 17.1 Å². The molecule has 0 radical (unpaired) electrons. The number of hydrogen-bond donors (Lipinski definition) is 2. The summed E-state index contributed by atoms with van der Waals surface area (Å²) in [6, 6.07) is 1.51. The third-order valence-electron chi connectivity index (χ3n) is 3.05. The van der Waals surface area contributed by atoms with Gasteiger partial charge in [-0.15, -0.1) is 0 Å². The number of ether oxygens (including phenoxy) is 1. The van der Waals surface area contributed by atoms with Crippen molar-refractivity contribution in [3.8, 4) is 0 Å². The van der Waals surface area contributed by atoms with Gasteiger partial charge in [-0.3, -0.25) is 4.57 Å². The number of rotatable bonds is 1. The van der Waals surface area contributed by atoms with Crippen molar-refractivity contribution in [3.05, 3.63) is 22.7 Å². The highest BCUT2D eigenvalue weighted by molar-refractivity contribution is 5.23. The van der Waals surface area contributed by atoms with Crippen molar-refractivity contribution < 1.29 is 9.84 Å². The van der Waals surface area contributed by atoms with E-state index in [4.69, 9.17) is 10.5 Å². The molecule has 4 atom stereocenters. The second kappa shape index (κ2) is 3.88. The van der Waals surface area contributed by atoms with Gasteiger partial charge in [-0.05, 0) is 13.0 Å². The van der Waals surface area contributed by atoms with Crippen molar-refractivity contribution in [2.75, 3.05) is 5.73 Å². The zero-order chi connectivity index (χ0) is 11.9. The molecule has 88 valence electrons. The Balaban J connectivity index is 2.35. The lowest BCUT2D eigenvalue weighted by molar-refractivity contribution is -0.0348. The summed E-state index contributed by atoms with van der Waals surface area (Å²) >= 11 is 0. The first-order chi connectivity index (χ1) is 7.50. The Morgan fingerprint density at radius 3 is 2.75 bits per heavy atom. The minimum absolute atomic E-state index is 0.0190. The van der Waals surface area contributed by atoms with E-state index in [9.17, 15) is 9.90 Å². The molecule has 1 aliphatic rings. The maximum Gasteiger partial charge on any atom is 0.351 e. The first-order valence-electron chi connectivity index (χ1n) is 5.19. The SMILES string of the molecule is CC1OC(n2ccc(N)nc2=O)C(O)C1C. The monoisotopic (exact) mass is 225 g/mol. The quantitative estimate of drug-likeness (QED) is 0.687. The van der Waals surface area contributed by atoms with Crippen LogP contribution in [0.5, 0.6) is 0 Å². The zero-order valence-corrected chi connectivity index (χ0v) is 9.20. The van der Waals surface area contributed by atoms with E-state index in [-0.39, 0.29) is 17.8 Å². The van der Waals surface area contributed by atoms with Crippen LogP contribution in [0.3, 0.4) is 0 Å². The van der Waals surface area contributed by atoms with E-state index < -0.39 is 18.0 Å². The van der Waals surface area contributed by atoms with Gasteiger partial charge in [0.25, 0.3) is 0 Å². The maximum atomic E-state index is 11.6. The molecule has 16 heavy (non-hydrogen) atoms. The highest BCUT2D eigenvalue weighted by Gasteiger charge is 2.39. The molecule has 1 fully saturated rings. The highest BCUT2D eigenvalue weighted by atomic mass is 16.5. The fraction of sp³-hybridized carbons (Fsp3) is 0.600. The van der Waals surface area contributed by atoms with Crippen LogP contribution in [0, 0.1) is 5.92 Å². The molecular weight excluding hydrogens is 210 g/mol. The maximum absolute atomic E-state index is 11.6. The first kappa shape index (κ1) is 11.1. The first-order valence-corrected chi connectivity index (χ1v) is 5.19. The van der Waals surface area contributed by atoms with Crippen LogP contribution < -0.4 is 11.4 Å². The molecule has 0 aliphatic carbocycles. The topological polar surface area (TPSA) is 90.4 Å². The fourth-order valence-electron chi connectivity index (χ4n) is 1.81. The molecule has 3 N–H and O–H groups in total. The summed E-state index contributed by atoms with van der Waals surface area (Å²) < 4.78 is 6.79. The minimum atomic E-state index is -0.710. The zero-order valence-electron chi connectivity index (χ0n) is 9.20. The Morgan fingerprint density at radius 1 is 1.56 bits per heavy atom. The van der Waals surface area contributed by atoms with Gasteiger partial charge in [0.05, 0.1) is 6.10 Å². The van der Waals surface area contributed by atoms with E-state index in [1.54, 1.807) is 0 Å². The molecule has 1 aliphatic heterocycles. The van der Waals surface area contributed by atoms with Crippen molar-refractivity contribution in [3.63, 3.8) is 0 Å². The van der Waals surface area contributed by atoms with E-state index in [0.29, 0.717) is 0 Å². The van der Waals surface area contributed by atoms with Crippen molar-refractivity contribution in [1.82, 2.24) is 9.55 Å². The summed E-state index contributed by atoms with van der Waals surface area (Å²) in [7, 11) is 0. The Kier molecular flexibility index (Phi) is 2.69. The van der Waals surface area contributed by atoms with Crippen LogP contribution in [0.1, 0.15) is 20.1 Å². The summed E-state index contributed by atoms with van der Waals surface area (Å²) in [5, 5.41) is 9.93. The predicted molar refractivity (Wildman–Crippen MR) is 57.7 cm³/mol. The van der Waals surface area contributed by atoms with Gasteiger partial charge < -0.3 is 15.6 Å². The number of hydrogen-bond acceptors (Lipinski definition) is 5. The number of nitrogen functional groups attached to an aromatic ring is 1. The Bertz CT molecular complexity index is 445. The lowest BCUT2D eigenvalue weighted by Gasteiger charge is -2.17. The summed E-state index contributed by atoms with van der Waals surface area (Å²) in [5.74, 6) is 0.143. The van der Waals surface area contributed by atoms with E-state index >= 15 is 0 Å². The largest absolute Gasteiger partial charge is 0.388 e. The second-order valence-electron chi connectivity index (χ2n) is 4.12. The summed E-state index contributed by atoms with van der Waals surface area (Å²) in [4.78, 5) is 15.2. The number of aliphatic hydroxyl groups excluding tert-OH is 1. The third kappa shape index (κ3) is 1.70. The molecule has 2 rings (SSSR count). The van der Waals surface area contributed by atoms with Crippen LogP contribution in [-0.2, 0) is 4.74 Å². The number of nitrogens with zero attached hydrogens (tertiary/aromatic N) is 2. The van der Waals surface area contributed by atoms with Gasteiger partial charge in [-0.25, -0.2) is 4.79 Å². The molecule has 6 nitrogen and oxygen atoms in total.